The molecule has 3 nitrogen and oxygen atoms in total. The second-order valence-corrected chi connectivity index (χ2v) is 5.21. The van der Waals surface area contributed by atoms with E-state index < -0.39 is 0 Å². The van der Waals surface area contributed by atoms with E-state index in [1.807, 2.05) is 6.07 Å². The lowest BCUT2D eigenvalue weighted by Gasteiger charge is -2.26. The summed E-state index contributed by atoms with van der Waals surface area (Å²) in [5.74, 6) is 0.395. The minimum atomic E-state index is 0.395. The summed E-state index contributed by atoms with van der Waals surface area (Å²) in [5, 5.41) is 13.1. The number of phenolic OH excluding ortho intramolecular Hbond substituents is 1. The number of hydrogen-bond acceptors (Lipinski definition) is 4. The van der Waals surface area contributed by atoms with Crippen molar-refractivity contribution in [1.82, 2.24) is 4.90 Å². The molecule has 17 heavy (non-hydrogen) atoms. The van der Waals surface area contributed by atoms with Crippen LogP contribution in [0.2, 0.25) is 0 Å². The van der Waals surface area contributed by atoms with E-state index in [9.17, 15) is 5.11 Å². The molecule has 0 bridgehead atoms. The Balaban J connectivity index is 1.89. The Hall–Kier alpha value is -1.10. The van der Waals surface area contributed by atoms with Gasteiger partial charge in [-0.25, -0.2) is 0 Å². The Bertz CT molecular complexity index is 517. The Kier molecular flexibility index (Phi) is 3.01. The summed E-state index contributed by atoms with van der Waals surface area (Å²) < 4.78 is 6.50. The zero-order valence-electron chi connectivity index (χ0n) is 9.56. The number of hydrogen-bond donors (Lipinski definition) is 1. The average Bonchev–Trinajstić information content (AvgIpc) is 2.75. The smallest absolute Gasteiger partial charge is 0.124 e. The minimum Gasteiger partial charge on any atom is -0.507 e. The van der Waals surface area contributed by atoms with Gasteiger partial charge in [0.2, 0.25) is 0 Å². The van der Waals surface area contributed by atoms with Crippen LogP contribution in [0.25, 0.3) is 10.1 Å². The van der Waals surface area contributed by atoms with Crippen LogP contribution >= 0.6 is 11.3 Å². The van der Waals surface area contributed by atoms with E-state index in [1.165, 1.54) is 5.56 Å². The van der Waals surface area contributed by atoms with Crippen LogP contribution in [-0.4, -0.2) is 36.3 Å². The van der Waals surface area contributed by atoms with Crippen LogP contribution in [-0.2, 0) is 11.3 Å². The molecule has 0 atom stereocenters. The van der Waals surface area contributed by atoms with Gasteiger partial charge in [-0.3, -0.25) is 4.90 Å². The van der Waals surface area contributed by atoms with Gasteiger partial charge in [-0.05, 0) is 23.1 Å². The van der Waals surface area contributed by atoms with E-state index in [1.54, 1.807) is 17.4 Å². The number of thiophene rings is 1. The van der Waals surface area contributed by atoms with E-state index in [-0.39, 0.29) is 0 Å². The Morgan fingerprint density at radius 3 is 2.94 bits per heavy atom. The predicted molar refractivity (Wildman–Crippen MR) is 69.6 cm³/mol. The summed E-state index contributed by atoms with van der Waals surface area (Å²) in [6.45, 7) is 4.49. The lowest BCUT2D eigenvalue weighted by molar-refractivity contribution is 0.0344. The van der Waals surface area contributed by atoms with Crippen molar-refractivity contribution in [3.63, 3.8) is 0 Å². The zero-order valence-corrected chi connectivity index (χ0v) is 10.4. The van der Waals surface area contributed by atoms with Crippen LogP contribution < -0.4 is 0 Å². The molecule has 1 saturated heterocycles. The van der Waals surface area contributed by atoms with E-state index in [2.05, 4.69) is 16.3 Å². The second kappa shape index (κ2) is 4.64. The SMILES string of the molecule is Oc1cccc2scc(CN3CCOCC3)c12. The fraction of sp³-hybridized carbons (Fsp3) is 0.385. The lowest BCUT2D eigenvalue weighted by atomic mass is 10.1. The molecule has 1 aliphatic rings. The highest BCUT2D eigenvalue weighted by Crippen LogP contribution is 2.33. The monoisotopic (exact) mass is 249 g/mol. The number of fused-ring (bicyclic) bond motifs is 1. The number of rotatable bonds is 2. The van der Waals surface area contributed by atoms with Crippen LogP contribution in [0.3, 0.4) is 0 Å². The highest BCUT2D eigenvalue weighted by atomic mass is 32.1. The van der Waals surface area contributed by atoms with Crippen LogP contribution in [0.1, 0.15) is 5.56 Å². The van der Waals surface area contributed by atoms with Gasteiger partial charge in [0.15, 0.2) is 0 Å². The van der Waals surface area contributed by atoms with Crippen molar-refractivity contribution < 1.29 is 9.84 Å². The molecule has 1 aromatic heterocycles. The Morgan fingerprint density at radius 1 is 1.29 bits per heavy atom. The van der Waals surface area contributed by atoms with Gasteiger partial charge in [0.1, 0.15) is 5.75 Å². The fourth-order valence-corrected chi connectivity index (χ4v) is 3.22. The van der Waals surface area contributed by atoms with Gasteiger partial charge in [-0.1, -0.05) is 6.07 Å². The third kappa shape index (κ3) is 2.16. The number of benzene rings is 1. The van der Waals surface area contributed by atoms with Crippen molar-refractivity contribution in [3.8, 4) is 5.75 Å². The quantitative estimate of drug-likeness (QED) is 0.887. The lowest BCUT2D eigenvalue weighted by Crippen LogP contribution is -2.35. The molecule has 3 rings (SSSR count). The van der Waals surface area contributed by atoms with Gasteiger partial charge in [-0.15, -0.1) is 11.3 Å². The van der Waals surface area contributed by atoms with Gasteiger partial charge >= 0.3 is 0 Å². The van der Waals surface area contributed by atoms with Crippen molar-refractivity contribution in [2.75, 3.05) is 26.3 Å². The number of morpholine rings is 1. The first kappa shape index (κ1) is 11.0. The average molecular weight is 249 g/mol. The molecule has 90 valence electrons. The van der Waals surface area contributed by atoms with Crippen LogP contribution in [0, 0.1) is 0 Å². The molecule has 0 spiro atoms. The molecule has 4 heteroatoms. The standard InChI is InChI=1S/C13H15NO2S/c15-11-2-1-3-12-13(11)10(9-17-12)8-14-4-6-16-7-5-14/h1-3,9,15H,4-8H2. The van der Waals surface area contributed by atoms with Gasteiger partial charge in [0, 0.05) is 29.7 Å². The summed E-state index contributed by atoms with van der Waals surface area (Å²) in [7, 11) is 0. The predicted octanol–water partition coefficient (Wildman–Crippen LogP) is 2.44. The molecule has 1 fully saturated rings. The molecule has 2 aromatic rings. The van der Waals surface area contributed by atoms with Crippen LogP contribution in [0.5, 0.6) is 5.75 Å². The number of aromatic hydroxyl groups is 1. The van der Waals surface area contributed by atoms with E-state index in [0.29, 0.717) is 5.75 Å². The van der Waals surface area contributed by atoms with Gasteiger partial charge in [0.05, 0.1) is 13.2 Å². The topological polar surface area (TPSA) is 32.7 Å². The van der Waals surface area contributed by atoms with E-state index in [0.717, 1.165) is 42.9 Å². The first-order valence-electron chi connectivity index (χ1n) is 5.83. The normalized spacial score (nSPS) is 17.6. The summed E-state index contributed by atoms with van der Waals surface area (Å²) in [6.07, 6.45) is 0. The molecule has 1 aromatic carbocycles. The fourth-order valence-electron chi connectivity index (χ4n) is 2.25. The number of ether oxygens (including phenoxy) is 1. The highest BCUT2D eigenvalue weighted by molar-refractivity contribution is 7.17. The summed E-state index contributed by atoms with van der Waals surface area (Å²) in [4.78, 5) is 2.37. The van der Waals surface area contributed by atoms with Crippen molar-refractivity contribution in [2.45, 2.75) is 6.54 Å². The van der Waals surface area contributed by atoms with Gasteiger partial charge in [-0.2, -0.15) is 0 Å². The first-order valence-corrected chi connectivity index (χ1v) is 6.71. The van der Waals surface area contributed by atoms with E-state index in [4.69, 9.17) is 4.74 Å². The largest absolute Gasteiger partial charge is 0.507 e. The number of nitrogens with zero attached hydrogens (tertiary/aromatic N) is 1. The molecule has 0 amide bonds. The molecule has 1 aliphatic heterocycles. The van der Waals surface area contributed by atoms with Crippen molar-refractivity contribution >= 4 is 21.4 Å². The Morgan fingerprint density at radius 2 is 2.12 bits per heavy atom. The molecule has 2 heterocycles. The van der Waals surface area contributed by atoms with Crippen molar-refractivity contribution in [3.05, 3.63) is 29.1 Å². The molecule has 0 radical (unpaired) electrons. The molecule has 0 aliphatic carbocycles. The molecule has 0 unspecified atom stereocenters. The second-order valence-electron chi connectivity index (χ2n) is 4.30. The van der Waals surface area contributed by atoms with Crippen molar-refractivity contribution in [2.24, 2.45) is 0 Å². The number of phenols is 1. The zero-order chi connectivity index (χ0) is 11.7. The van der Waals surface area contributed by atoms with Crippen LogP contribution in [0.15, 0.2) is 23.6 Å². The summed E-state index contributed by atoms with van der Waals surface area (Å²) >= 11 is 1.70. The summed E-state index contributed by atoms with van der Waals surface area (Å²) in [6, 6.07) is 5.72. The maximum Gasteiger partial charge on any atom is 0.124 e. The van der Waals surface area contributed by atoms with Crippen LogP contribution in [0.4, 0.5) is 0 Å². The summed E-state index contributed by atoms with van der Waals surface area (Å²) in [5.41, 5.74) is 1.23. The Labute approximate surface area is 104 Å². The first-order chi connectivity index (χ1) is 8.34. The third-order valence-corrected chi connectivity index (χ3v) is 4.15. The van der Waals surface area contributed by atoms with Gasteiger partial charge in [0.25, 0.3) is 0 Å². The molecule has 1 N–H and O–H groups in total. The molecular weight excluding hydrogens is 234 g/mol. The highest BCUT2D eigenvalue weighted by Gasteiger charge is 2.14. The molecule has 0 saturated carbocycles. The molecular formula is C13H15NO2S. The van der Waals surface area contributed by atoms with Gasteiger partial charge < -0.3 is 9.84 Å². The minimum absolute atomic E-state index is 0.395. The van der Waals surface area contributed by atoms with Crippen molar-refractivity contribution in [1.29, 1.82) is 0 Å². The third-order valence-electron chi connectivity index (χ3n) is 3.15. The van der Waals surface area contributed by atoms with E-state index >= 15 is 0 Å². The maximum atomic E-state index is 9.93. The maximum absolute atomic E-state index is 9.93.